The largest absolute Gasteiger partial charge is 0.444 e. The molecule has 2 aliphatic heterocycles. The maximum absolute atomic E-state index is 12.8. The zero-order valence-corrected chi connectivity index (χ0v) is 19.1. The molecule has 168 valence electrons. The zero-order valence-electron chi connectivity index (χ0n) is 19.1. The van der Waals surface area contributed by atoms with Gasteiger partial charge in [0.25, 0.3) is 0 Å². The summed E-state index contributed by atoms with van der Waals surface area (Å²) >= 11 is 0. The number of carbonyl (C=O) groups is 2. The summed E-state index contributed by atoms with van der Waals surface area (Å²) in [4.78, 5) is 31.1. The number of rotatable bonds is 4. The van der Waals surface area contributed by atoms with Gasteiger partial charge in [-0.1, -0.05) is 5.16 Å². The van der Waals surface area contributed by atoms with Crippen molar-refractivity contribution in [2.24, 2.45) is 5.92 Å². The Labute approximate surface area is 179 Å². The molecule has 2 aliphatic rings. The van der Waals surface area contributed by atoms with Gasteiger partial charge in [0.05, 0.1) is 5.69 Å². The number of hydrogen-bond donors (Lipinski definition) is 0. The minimum Gasteiger partial charge on any atom is -0.444 e. The Balaban J connectivity index is 1.39. The molecule has 3 heterocycles. The minimum absolute atomic E-state index is 0.239. The summed E-state index contributed by atoms with van der Waals surface area (Å²) in [6.45, 7) is 15.0. The van der Waals surface area contributed by atoms with Gasteiger partial charge >= 0.3 is 6.09 Å². The molecular weight excluding hydrogens is 384 g/mol. The molecule has 8 heteroatoms. The van der Waals surface area contributed by atoms with Crippen LogP contribution in [0.4, 0.5) is 4.79 Å². The Morgan fingerprint density at radius 1 is 1.03 bits per heavy atom. The quantitative estimate of drug-likeness (QED) is 0.745. The molecule has 8 nitrogen and oxygen atoms in total. The number of ether oxygens (including phenoxy) is 1. The molecule has 0 radical (unpaired) electrons. The van der Waals surface area contributed by atoms with E-state index in [4.69, 9.17) is 9.26 Å². The van der Waals surface area contributed by atoms with E-state index < -0.39 is 5.60 Å². The second kappa shape index (κ2) is 9.37. The van der Waals surface area contributed by atoms with E-state index in [0.29, 0.717) is 25.4 Å². The van der Waals surface area contributed by atoms with Gasteiger partial charge in [0.15, 0.2) is 0 Å². The van der Waals surface area contributed by atoms with Crippen LogP contribution >= 0.6 is 0 Å². The lowest BCUT2D eigenvalue weighted by Crippen LogP contribution is -2.49. The number of likely N-dealkylation sites (tertiary alicyclic amines) is 1. The fourth-order valence-corrected chi connectivity index (χ4v) is 4.13. The van der Waals surface area contributed by atoms with E-state index in [9.17, 15) is 9.59 Å². The number of hydrogen-bond acceptors (Lipinski definition) is 6. The first-order valence-corrected chi connectivity index (χ1v) is 11.0. The van der Waals surface area contributed by atoms with Gasteiger partial charge in [-0.05, 0) is 53.4 Å². The number of nitrogens with zero attached hydrogens (tertiary/aromatic N) is 4. The van der Waals surface area contributed by atoms with E-state index in [1.54, 1.807) is 4.90 Å². The molecule has 2 amide bonds. The van der Waals surface area contributed by atoms with Gasteiger partial charge in [0, 0.05) is 57.8 Å². The molecule has 30 heavy (non-hydrogen) atoms. The highest BCUT2D eigenvalue weighted by Gasteiger charge is 2.30. The molecule has 0 bridgehead atoms. The molecule has 0 aliphatic carbocycles. The van der Waals surface area contributed by atoms with Crippen LogP contribution in [0, 0.1) is 19.8 Å². The third kappa shape index (κ3) is 5.97. The SMILES string of the molecule is Cc1noc(C)c1CN1CCN(C(=O)CC2CCN(C(=O)OC(C)(C)C)CC2)CC1. The summed E-state index contributed by atoms with van der Waals surface area (Å²) in [5, 5.41) is 4.02. The fraction of sp³-hybridized carbons (Fsp3) is 0.773. The molecule has 2 fully saturated rings. The van der Waals surface area contributed by atoms with Crippen molar-refractivity contribution in [3.63, 3.8) is 0 Å². The van der Waals surface area contributed by atoms with Crippen LogP contribution in [0.25, 0.3) is 0 Å². The van der Waals surface area contributed by atoms with Crippen LogP contribution in [0.5, 0.6) is 0 Å². The van der Waals surface area contributed by atoms with Gasteiger partial charge in [-0.15, -0.1) is 0 Å². The molecule has 0 atom stereocenters. The average Bonchev–Trinajstić information content (AvgIpc) is 3.00. The van der Waals surface area contributed by atoms with Crippen LogP contribution in [0.1, 0.15) is 57.1 Å². The molecular formula is C22H36N4O4. The smallest absolute Gasteiger partial charge is 0.410 e. The van der Waals surface area contributed by atoms with Crippen LogP contribution in [-0.4, -0.2) is 76.7 Å². The Morgan fingerprint density at radius 3 is 2.20 bits per heavy atom. The van der Waals surface area contributed by atoms with E-state index in [0.717, 1.165) is 62.6 Å². The monoisotopic (exact) mass is 420 g/mol. The van der Waals surface area contributed by atoms with Crippen molar-refractivity contribution in [1.29, 1.82) is 0 Å². The summed E-state index contributed by atoms with van der Waals surface area (Å²) in [6.07, 6.45) is 2.04. The van der Waals surface area contributed by atoms with Crippen LogP contribution in [0.2, 0.25) is 0 Å². The highest BCUT2D eigenvalue weighted by atomic mass is 16.6. The second-order valence-electron chi connectivity index (χ2n) is 9.57. The van der Waals surface area contributed by atoms with Crippen molar-refractivity contribution in [2.75, 3.05) is 39.3 Å². The van der Waals surface area contributed by atoms with E-state index in [2.05, 4.69) is 10.1 Å². The standard InChI is InChI=1S/C22H36N4O4/c1-16-19(17(2)30-23-16)15-24-10-12-25(13-11-24)20(27)14-18-6-8-26(9-7-18)21(28)29-22(3,4)5/h18H,6-15H2,1-5H3. The summed E-state index contributed by atoms with van der Waals surface area (Å²) in [6, 6.07) is 0. The zero-order chi connectivity index (χ0) is 21.9. The molecule has 0 spiro atoms. The van der Waals surface area contributed by atoms with E-state index in [-0.39, 0.29) is 12.0 Å². The van der Waals surface area contributed by atoms with Crippen molar-refractivity contribution in [2.45, 2.75) is 66.0 Å². The Kier molecular flexibility index (Phi) is 7.06. The Morgan fingerprint density at radius 2 is 1.67 bits per heavy atom. The third-order valence-corrected chi connectivity index (χ3v) is 6.02. The van der Waals surface area contributed by atoms with Crippen LogP contribution < -0.4 is 0 Å². The Bertz CT molecular complexity index is 719. The van der Waals surface area contributed by atoms with Crippen molar-refractivity contribution >= 4 is 12.0 Å². The van der Waals surface area contributed by atoms with Gasteiger partial charge in [-0.3, -0.25) is 9.69 Å². The normalized spacial score (nSPS) is 19.2. The van der Waals surface area contributed by atoms with Crippen LogP contribution in [-0.2, 0) is 16.1 Å². The highest BCUT2D eigenvalue weighted by molar-refractivity contribution is 5.76. The van der Waals surface area contributed by atoms with Gasteiger partial charge < -0.3 is 19.1 Å². The fourth-order valence-electron chi connectivity index (χ4n) is 4.13. The summed E-state index contributed by atoms with van der Waals surface area (Å²) in [5.74, 6) is 1.46. The summed E-state index contributed by atoms with van der Waals surface area (Å²) in [5.41, 5.74) is 1.63. The number of aryl methyl sites for hydroxylation is 2. The first-order chi connectivity index (χ1) is 14.1. The average molecular weight is 421 g/mol. The van der Waals surface area contributed by atoms with Crippen molar-refractivity contribution in [1.82, 2.24) is 19.9 Å². The van der Waals surface area contributed by atoms with Crippen molar-refractivity contribution in [3.05, 3.63) is 17.0 Å². The summed E-state index contributed by atoms with van der Waals surface area (Å²) < 4.78 is 10.7. The number of aromatic nitrogens is 1. The van der Waals surface area contributed by atoms with Crippen LogP contribution in [0.3, 0.4) is 0 Å². The van der Waals surface area contributed by atoms with Crippen LogP contribution in [0.15, 0.2) is 4.52 Å². The number of carbonyl (C=O) groups excluding carboxylic acids is 2. The molecule has 0 aromatic carbocycles. The lowest BCUT2D eigenvalue weighted by molar-refractivity contribution is -0.134. The molecule has 0 unspecified atom stereocenters. The van der Waals surface area contributed by atoms with Gasteiger partial charge in [-0.2, -0.15) is 0 Å². The molecule has 0 saturated carbocycles. The molecule has 1 aromatic rings. The molecule has 2 saturated heterocycles. The lowest BCUT2D eigenvalue weighted by Gasteiger charge is -2.37. The first kappa shape index (κ1) is 22.6. The summed E-state index contributed by atoms with van der Waals surface area (Å²) in [7, 11) is 0. The molecule has 0 N–H and O–H groups in total. The predicted molar refractivity (Wildman–Crippen MR) is 113 cm³/mol. The number of amides is 2. The predicted octanol–water partition coefficient (Wildman–Crippen LogP) is 2.97. The van der Waals surface area contributed by atoms with E-state index in [1.807, 2.05) is 39.5 Å². The number of piperazine rings is 1. The van der Waals surface area contributed by atoms with Crippen molar-refractivity contribution < 1.29 is 18.8 Å². The third-order valence-electron chi connectivity index (χ3n) is 6.02. The van der Waals surface area contributed by atoms with Gasteiger partial charge in [0.1, 0.15) is 11.4 Å². The lowest BCUT2D eigenvalue weighted by atomic mass is 9.93. The second-order valence-corrected chi connectivity index (χ2v) is 9.57. The first-order valence-electron chi connectivity index (χ1n) is 11.0. The molecule has 1 aromatic heterocycles. The van der Waals surface area contributed by atoms with Gasteiger partial charge in [0.2, 0.25) is 5.91 Å². The Hall–Kier alpha value is -2.09. The maximum Gasteiger partial charge on any atom is 0.410 e. The topological polar surface area (TPSA) is 79.1 Å². The van der Waals surface area contributed by atoms with E-state index in [1.165, 1.54) is 0 Å². The highest BCUT2D eigenvalue weighted by Crippen LogP contribution is 2.24. The minimum atomic E-state index is -0.475. The number of piperidine rings is 1. The van der Waals surface area contributed by atoms with Crippen molar-refractivity contribution in [3.8, 4) is 0 Å². The molecule has 3 rings (SSSR count). The maximum atomic E-state index is 12.8. The van der Waals surface area contributed by atoms with Gasteiger partial charge in [-0.25, -0.2) is 4.79 Å². The van der Waals surface area contributed by atoms with E-state index >= 15 is 0 Å².